The highest BCUT2D eigenvalue weighted by Crippen LogP contribution is 2.01. The second-order valence-electron chi connectivity index (χ2n) is 2.60. The third-order valence-electron chi connectivity index (χ3n) is 1.63. The lowest BCUT2D eigenvalue weighted by molar-refractivity contribution is -0.143. The second kappa shape index (κ2) is 8.77. The summed E-state index contributed by atoms with van der Waals surface area (Å²) in [6.45, 7) is 0. The van der Waals surface area contributed by atoms with E-state index in [4.69, 9.17) is 5.73 Å². The van der Waals surface area contributed by atoms with Gasteiger partial charge >= 0.3 is 11.9 Å². The molecule has 84 valence electrons. The Hall–Kier alpha value is -0.810. The van der Waals surface area contributed by atoms with Crippen molar-refractivity contribution in [2.45, 2.75) is 25.3 Å². The summed E-state index contributed by atoms with van der Waals surface area (Å²) in [5.41, 5.74) is 5.43. The first-order valence-corrected chi connectivity index (χ1v) is 4.02. The molecule has 0 saturated heterocycles. The predicted octanol–water partition coefficient (Wildman–Crippen LogP) is 0.252. The minimum Gasteiger partial charge on any atom is -0.469 e. The summed E-state index contributed by atoms with van der Waals surface area (Å²) in [6, 6.07) is -0.644. The van der Waals surface area contributed by atoms with Crippen LogP contribution in [-0.4, -0.2) is 32.2 Å². The Kier molecular flexibility index (Phi) is 9.81. The topological polar surface area (TPSA) is 78.6 Å². The summed E-state index contributed by atoms with van der Waals surface area (Å²) in [7, 11) is 2.60. The number of hydrogen-bond donors (Lipinski definition) is 1. The summed E-state index contributed by atoms with van der Waals surface area (Å²) in [5.74, 6) is -0.748. The molecule has 0 heterocycles. The van der Waals surface area contributed by atoms with Crippen LogP contribution in [0.3, 0.4) is 0 Å². The van der Waals surface area contributed by atoms with E-state index < -0.39 is 12.0 Å². The van der Waals surface area contributed by atoms with Gasteiger partial charge in [-0.3, -0.25) is 9.59 Å². The van der Waals surface area contributed by atoms with E-state index in [2.05, 4.69) is 9.47 Å². The van der Waals surface area contributed by atoms with Crippen LogP contribution >= 0.6 is 12.4 Å². The van der Waals surface area contributed by atoms with Crippen molar-refractivity contribution in [1.29, 1.82) is 0 Å². The number of halogens is 1. The van der Waals surface area contributed by atoms with Gasteiger partial charge in [-0.25, -0.2) is 0 Å². The van der Waals surface area contributed by atoms with Gasteiger partial charge in [0, 0.05) is 6.42 Å². The Balaban J connectivity index is 0. The Morgan fingerprint density at radius 3 is 2.29 bits per heavy atom. The van der Waals surface area contributed by atoms with Crippen molar-refractivity contribution in [2.75, 3.05) is 14.2 Å². The van der Waals surface area contributed by atoms with Crippen molar-refractivity contribution in [3.8, 4) is 0 Å². The number of nitrogens with two attached hydrogens (primary N) is 1. The zero-order valence-corrected chi connectivity index (χ0v) is 9.13. The number of carbonyl (C=O) groups excluding carboxylic acids is 2. The van der Waals surface area contributed by atoms with Crippen molar-refractivity contribution in [2.24, 2.45) is 5.73 Å². The van der Waals surface area contributed by atoms with Crippen LogP contribution in [0.25, 0.3) is 0 Å². The smallest absolute Gasteiger partial charge is 0.322 e. The van der Waals surface area contributed by atoms with Crippen LogP contribution in [-0.2, 0) is 19.1 Å². The fraction of sp³-hybridized carbons (Fsp3) is 0.750. The number of hydrogen-bond acceptors (Lipinski definition) is 5. The van der Waals surface area contributed by atoms with Crippen LogP contribution in [0.5, 0.6) is 0 Å². The number of rotatable bonds is 5. The van der Waals surface area contributed by atoms with Gasteiger partial charge in [0.1, 0.15) is 6.04 Å². The second-order valence-corrected chi connectivity index (χ2v) is 2.60. The molecular formula is C8H16ClNO4. The van der Waals surface area contributed by atoms with E-state index in [1.165, 1.54) is 14.2 Å². The summed E-state index contributed by atoms with van der Waals surface area (Å²) >= 11 is 0. The first kappa shape index (κ1) is 15.7. The third-order valence-corrected chi connectivity index (χ3v) is 1.63. The summed E-state index contributed by atoms with van der Waals surface area (Å²) in [6.07, 6.45) is 1.24. The molecule has 5 nitrogen and oxygen atoms in total. The van der Waals surface area contributed by atoms with Crippen LogP contribution < -0.4 is 5.73 Å². The molecule has 0 aromatic carbocycles. The molecule has 0 fully saturated rings. The van der Waals surface area contributed by atoms with Gasteiger partial charge in [0.25, 0.3) is 0 Å². The SMILES string of the molecule is COC(=O)CCC[C@H](N)C(=O)OC.Cl. The van der Waals surface area contributed by atoms with Gasteiger partial charge < -0.3 is 15.2 Å². The van der Waals surface area contributed by atoms with Gasteiger partial charge in [0.15, 0.2) is 0 Å². The fourth-order valence-corrected chi connectivity index (χ4v) is 0.838. The quantitative estimate of drug-likeness (QED) is 0.679. The van der Waals surface area contributed by atoms with E-state index in [1.807, 2.05) is 0 Å². The van der Waals surface area contributed by atoms with E-state index in [0.717, 1.165) is 0 Å². The molecule has 0 aromatic heterocycles. The zero-order chi connectivity index (χ0) is 10.3. The van der Waals surface area contributed by atoms with Crippen molar-refractivity contribution in [1.82, 2.24) is 0 Å². The van der Waals surface area contributed by atoms with E-state index in [0.29, 0.717) is 12.8 Å². The molecule has 1 atom stereocenters. The Morgan fingerprint density at radius 1 is 1.29 bits per heavy atom. The number of esters is 2. The molecule has 0 aliphatic heterocycles. The Bertz CT molecular complexity index is 186. The van der Waals surface area contributed by atoms with Crippen molar-refractivity contribution < 1.29 is 19.1 Å². The van der Waals surface area contributed by atoms with Crippen molar-refractivity contribution in [3.63, 3.8) is 0 Å². The summed E-state index contributed by atoms with van der Waals surface area (Å²) in [4.78, 5) is 21.4. The Labute approximate surface area is 89.3 Å². The molecule has 0 aromatic rings. The van der Waals surface area contributed by atoms with Crippen LogP contribution in [0, 0.1) is 0 Å². The molecule has 0 saturated carbocycles. The molecular weight excluding hydrogens is 210 g/mol. The van der Waals surface area contributed by atoms with Gasteiger partial charge in [-0.2, -0.15) is 0 Å². The van der Waals surface area contributed by atoms with E-state index in [9.17, 15) is 9.59 Å². The lowest BCUT2D eigenvalue weighted by Crippen LogP contribution is -2.31. The predicted molar refractivity (Wildman–Crippen MR) is 53.1 cm³/mol. The maximum atomic E-state index is 10.8. The van der Waals surface area contributed by atoms with Crippen LogP contribution in [0.1, 0.15) is 19.3 Å². The Morgan fingerprint density at radius 2 is 1.86 bits per heavy atom. The molecule has 6 heteroatoms. The molecule has 0 radical (unpaired) electrons. The third kappa shape index (κ3) is 6.68. The number of ether oxygens (including phenoxy) is 2. The van der Waals surface area contributed by atoms with Gasteiger partial charge in [-0.05, 0) is 12.8 Å². The first-order chi connectivity index (χ1) is 6.11. The van der Waals surface area contributed by atoms with Gasteiger partial charge in [0.05, 0.1) is 14.2 Å². The maximum Gasteiger partial charge on any atom is 0.322 e. The molecule has 0 aliphatic rings. The van der Waals surface area contributed by atoms with Crippen molar-refractivity contribution >= 4 is 24.3 Å². The molecule has 0 amide bonds. The summed E-state index contributed by atoms with van der Waals surface area (Å²) in [5, 5.41) is 0. The van der Waals surface area contributed by atoms with Crippen LogP contribution in [0.2, 0.25) is 0 Å². The lowest BCUT2D eigenvalue weighted by Gasteiger charge is -2.07. The lowest BCUT2D eigenvalue weighted by atomic mass is 10.1. The number of methoxy groups -OCH3 is 2. The zero-order valence-electron chi connectivity index (χ0n) is 8.32. The van der Waals surface area contributed by atoms with E-state index in [1.54, 1.807) is 0 Å². The highest BCUT2D eigenvalue weighted by Gasteiger charge is 2.13. The highest BCUT2D eigenvalue weighted by atomic mass is 35.5. The first-order valence-electron chi connectivity index (χ1n) is 4.02. The fourth-order valence-electron chi connectivity index (χ4n) is 0.838. The molecule has 0 bridgehead atoms. The highest BCUT2D eigenvalue weighted by molar-refractivity contribution is 5.85. The van der Waals surface area contributed by atoms with E-state index in [-0.39, 0.29) is 24.8 Å². The van der Waals surface area contributed by atoms with E-state index >= 15 is 0 Å². The maximum absolute atomic E-state index is 10.8. The standard InChI is InChI=1S/C8H15NO4.ClH/c1-12-7(10)5-3-4-6(9)8(11)13-2;/h6H,3-5,9H2,1-2H3;1H/t6-;/m0./s1. The number of carbonyl (C=O) groups is 2. The minimum absolute atomic E-state index is 0. The van der Waals surface area contributed by atoms with Gasteiger partial charge in [-0.1, -0.05) is 0 Å². The molecule has 0 unspecified atom stereocenters. The average Bonchev–Trinajstić information content (AvgIpc) is 2.15. The monoisotopic (exact) mass is 225 g/mol. The average molecular weight is 226 g/mol. The van der Waals surface area contributed by atoms with Gasteiger partial charge in [0.2, 0.25) is 0 Å². The molecule has 0 aliphatic carbocycles. The summed E-state index contributed by atoms with van der Waals surface area (Å²) < 4.78 is 8.84. The van der Waals surface area contributed by atoms with Crippen LogP contribution in [0.4, 0.5) is 0 Å². The van der Waals surface area contributed by atoms with Crippen LogP contribution in [0.15, 0.2) is 0 Å². The van der Waals surface area contributed by atoms with Gasteiger partial charge in [-0.15, -0.1) is 12.4 Å². The molecule has 2 N–H and O–H groups in total. The molecule has 0 rings (SSSR count). The molecule has 14 heavy (non-hydrogen) atoms. The minimum atomic E-state index is -0.644. The largest absolute Gasteiger partial charge is 0.469 e. The molecule has 0 spiro atoms. The van der Waals surface area contributed by atoms with Crippen molar-refractivity contribution in [3.05, 3.63) is 0 Å². The normalized spacial score (nSPS) is 11.1.